The summed E-state index contributed by atoms with van der Waals surface area (Å²) in [6.45, 7) is 8.81. The van der Waals surface area contributed by atoms with Gasteiger partial charge >= 0.3 is 5.97 Å². The van der Waals surface area contributed by atoms with E-state index in [9.17, 15) is 9.90 Å². The number of carboxylic acids is 1. The topological polar surface area (TPSA) is 41.7 Å². The summed E-state index contributed by atoms with van der Waals surface area (Å²) < 4.78 is 0. The minimum Gasteiger partial charge on any atom is -0.479 e. The molecule has 0 aromatic heterocycles. The van der Waals surface area contributed by atoms with Crippen molar-refractivity contribution in [3.8, 4) is 0 Å². The van der Waals surface area contributed by atoms with Crippen molar-refractivity contribution in [3.05, 3.63) is 52.9 Å². The van der Waals surface area contributed by atoms with Crippen LogP contribution >= 0.6 is 0 Å². The van der Waals surface area contributed by atoms with E-state index in [1.54, 1.807) is 19.1 Å². The minimum absolute atomic E-state index is 0.102. The molecule has 2 aromatic carbocycles. The zero-order chi connectivity index (χ0) is 11.7. The molecule has 0 saturated carbocycles. The van der Waals surface area contributed by atoms with Crippen molar-refractivity contribution in [1.82, 2.24) is 0 Å². The SMILES string of the molecule is [C-]#[N+]c1c(C)cc2ccccc2c1C(=O)O. The van der Waals surface area contributed by atoms with Gasteiger partial charge in [-0.2, -0.15) is 0 Å². The molecule has 0 amide bonds. The van der Waals surface area contributed by atoms with Gasteiger partial charge in [-0.1, -0.05) is 30.3 Å². The molecule has 78 valence electrons. The molecule has 0 aliphatic rings. The first-order valence-corrected chi connectivity index (χ1v) is 4.78. The Kier molecular flexibility index (Phi) is 2.34. The second-order valence-corrected chi connectivity index (χ2v) is 3.56. The van der Waals surface area contributed by atoms with Crippen molar-refractivity contribution >= 4 is 22.4 Å². The van der Waals surface area contributed by atoms with Crippen LogP contribution in [0.1, 0.15) is 15.9 Å². The number of aromatic carboxylic acids is 1. The van der Waals surface area contributed by atoms with Gasteiger partial charge < -0.3 is 5.11 Å². The number of rotatable bonds is 1. The minimum atomic E-state index is -1.05. The maximum Gasteiger partial charge on any atom is 0.325 e. The number of hydrogen-bond donors (Lipinski definition) is 1. The molecule has 1 N–H and O–H groups in total. The molecule has 0 atom stereocenters. The van der Waals surface area contributed by atoms with Gasteiger partial charge in [-0.05, 0) is 23.3 Å². The van der Waals surface area contributed by atoms with Gasteiger partial charge in [0.15, 0.2) is 0 Å². The zero-order valence-electron chi connectivity index (χ0n) is 8.69. The lowest BCUT2D eigenvalue weighted by molar-refractivity contribution is 0.0700. The van der Waals surface area contributed by atoms with Crippen LogP contribution in [0.3, 0.4) is 0 Å². The molecule has 0 aliphatic carbocycles. The van der Waals surface area contributed by atoms with Gasteiger partial charge in [-0.25, -0.2) is 9.64 Å². The Hall–Kier alpha value is -2.34. The molecule has 3 nitrogen and oxygen atoms in total. The number of benzene rings is 2. The van der Waals surface area contributed by atoms with Crippen molar-refractivity contribution in [1.29, 1.82) is 0 Å². The van der Waals surface area contributed by atoms with Crippen LogP contribution in [0.25, 0.3) is 15.6 Å². The normalized spacial score (nSPS) is 10.0. The quantitative estimate of drug-likeness (QED) is 0.734. The monoisotopic (exact) mass is 211 g/mol. The van der Waals surface area contributed by atoms with Crippen LogP contribution in [0, 0.1) is 13.5 Å². The Bertz CT molecular complexity index is 624. The Morgan fingerprint density at radius 1 is 1.38 bits per heavy atom. The van der Waals surface area contributed by atoms with E-state index < -0.39 is 5.97 Å². The number of aryl methyl sites for hydroxylation is 1. The van der Waals surface area contributed by atoms with E-state index >= 15 is 0 Å². The lowest BCUT2D eigenvalue weighted by Gasteiger charge is -2.07. The molecular weight excluding hydrogens is 202 g/mol. The lowest BCUT2D eigenvalue weighted by atomic mass is 9.99. The van der Waals surface area contributed by atoms with Crippen molar-refractivity contribution in [2.24, 2.45) is 0 Å². The summed E-state index contributed by atoms with van der Waals surface area (Å²) in [7, 11) is 0. The standard InChI is InChI=1S/C13H9NO2/c1-8-7-9-5-3-4-6-10(9)11(13(15)16)12(8)14-2/h3-7H,1H3,(H,15,16). The molecule has 0 saturated heterocycles. The molecular formula is C13H9NO2. The maximum atomic E-state index is 11.2. The summed E-state index contributed by atoms with van der Waals surface area (Å²) in [5.41, 5.74) is 1.03. The summed E-state index contributed by atoms with van der Waals surface area (Å²) in [6.07, 6.45) is 0. The fourth-order valence-electron chi connectivity index (χ4n) is 1.84. The second-order valence-electron chi connectivity index (χ2n) is 3.56. The highest BCUT2D eigenvalue weighted by atomic mass is 16.4. The van der Waals surface area contributed by atoms with Crippen LogP contribution in [0.4, 0.5) is 5.69 Å². The molecule has 0 fully saturated rings. The van der Waals surface area contributed by atoms with Crippen molar-refractivity contribution in [2.45, 2.75) is 6.92 Å². The first kappa shape index (κ1) is 10.2. The summed E-state index contributed by atoms with van der Waals surface area (Å²) in [4.78, 5) is 14.5. The third-order valence-electron chi connectivity index (χ3n) is 2.54. The average molecular weight is 211 g/mol. The van der Waals surface area contributed by atoms with Gasteiger partial charge in [0, 0.05) is 0 Å². The predicted molar refractivity (Wildman–Crippen MR) is 61.9 cm³/mol. The summed E-state index contributed by atoms with van der Waals surface area (Å²) in [5.74, 6) is -1.05. The largest absolute Gasteiger partial charge is 0.479 e. The Morgan fingerprint density at radius 2 is 2.06 bits per heavy atom. The van der Waals surface area contributed by atoms with Crippen LogP contribution in [-0.2, 0) is 0 Å². The molecule has 16 heavy (non-hydrogen) atoms. The highest BCUT2D eigenvalue weighted by Gasteiger charge is 2.16. The first-order valence-electron chi connectivity index (χ1n) is 4.78. The van der Waals surface area contributed by atoms with E-state index in [1.165, 1.54) is 0 Å². The smallest absolute Gasteiger partial charge is 0.325 e. The molecule has 0 aliphatic heterocycles. The lowest BCUT2D eigenvalue weighted by Crippen LogP contribution is -1.99. The fraction of sp³-hybridized carbons (Fsp3) is 0.0769. The first-order chi connectivity index (χ1) is 7.65. The highest BCUT2D eigenvalue weighted by molar-refractivity contribution is 6.09. The molecule has 0 unspecified atom stereocenters. The van der Waals surface area contributed by atoms with Crippen molar-refractivity contribution in [3.63, 3.8) is 0 Å². The summed E-state index contributed by atoms with van der Waals surface area (Å²) in [5, 5.41) is 10.6. The Balaban J connectivity index is 3.00. The summed E-state index contributed by atoms with van der Waals surface area (Å²) in [6, 6.07) is 9.05. The fourth-order valence-corrected chi connectivity index (χ4v) is 1.84. The Labute approximate surface area is 92.8 Å². The van der Waals surface area contributed by atoms with Crippen LogP contribution in [0.5, 0.6) is 0 Å². The molecule has 0 heterocycles. The van der Waals surface area contributed by atoms with Crippen LogP contribution in [0.2, 0.25) is 0 Å². The molecule has 0 radical (unpaired) electrons. The van der Waals surface area contributed by atoms with E-state index in [2.05, 4.69) is 4.85 Å². The number of hydrogen-bond acceptors (Lipinski definition) is 1. The van der Waals surface area contributed by atoms with Gasteiger partial charge in [0.25, 0.3) is 0 Å². The third kappa shape index (κ3) is 1.41. The number of carboxylic acid groups (broad SMARTS) is 1. The van der Waals surface area contributed by atoms with Gasteiger partial charge in [-0.15, -0.1) is 0 Å². The van der Waals surface area contributed by atoms with E-state index in [4.69, 9.17) is 6.57 Å². The van der Waals surface area contributed by atoms with E-state index in [0.29, 0.717) is 10.9 Å². The molecule has 2 aromatic rings. The van der Waals surface area contributed by atoms with Crippen molar-refractivity contribution in [2.75, 3.05) is 0 Å². The number of carbonyl (C=O) groups is 1. The van der Waals surface area contributed by atoms with E-state index in [-0.39, 0.29) is 11.3 Å². The number of fused-ring (bicyclic) bond motifs is 1. The highest BCUT2D eigenvalue weighted by Crippen LogP contribution is 2.31. The average Bonchev–Trinajstić information content (AvgIpc) is 2.26. The van der Waals surface area contributed by atoms with Gasteiger partial charge in [0.05, 0.1) is 12.1 Å². The van der Waals surface area contributed by atoms with Crippen LogP contribution in [-0.4, -0.2) is 11.1 Å². The zero-order valence-corrected chi connectivity index (χ0v) is 8.69. The van der Waals surface area contributed by atoms with Gasteiger partial charge in [0.1, 0.15) is 0 Å². The Morgan fingerprint density at radius 3 is 2.69 bits per heavy atom. The van der Waals surface area contributed by atoms with Gasteiger partial charge in [-0.3, -0.25) is 0 Å². The molecule has 2 rings (SSSR count). The molecule has 0 spiro atoms. The predicted octanol–water partition coefficient (Wildman–Crippen LogP) is 3.40. The maximum absolute atomic E-state index is 11.2. The third-order valence-corrected chi connectivity index (χ3v) is 2.54. The summed E-state index contributed by atoms with van der Waals surface area (Å²) >= 11 is 0. The van der Waals surface area contributed by atoms with E-state index in [1.807, 2.05) is 18.2 Å². The number of nitrogens with zero attached hydrogens (tertiary/aromatic N) is 1. The van der Waals surface area contributed by atoms with Crippen molar-refractivity contribution < 1.29 is 9.90 Å². The molecule has 3 heteroatoms. The van der Waals surface area contributed by atoms with E-state index in [0.717, 1.165) is 5.39 Å². The molecule has 0 bridgehead atoms. The van der Waals surface area contributed by atoms with Crippen LogP contribution < -0.4 is 0 Å². The second kappa shape index (κ2) is 3.67. The van der Waals surface area contributed by atoms with Crippen LogP contribution in [0.15, 0.2) is 30.3 Å². The van der Waals surface area contributed by atoms with Gasteiger partial charge in [0.2, 0.25) is 5.69 Å².